The van der Waals surface area contributed by atoms with Crippen LogP contribution in [0.3, 0.4) is 0 Å². The van der Waals surface area contributed by atoms with Crippen LogP contribution >= 0.6 is 0 Å². The molecular formula is C17H32O2. The van der Waals surface area contributed by atoms with Gasteiger partial charge in [0.2, 0.25) is 0 Å². The maximum Gasteiger partial charge on any atom is 0.135 e. The van der Waals surface area contributed by atoms with Crippen LogP contribution in [0.15, 0.2) is 0 Å². The number of Topliss-reactive ketones (excluding diaryl/α,β-unsaturated/α-hetero) is 1. The van der Waals surface area contributed by atoms with Crippen LogP contribution in [0.2, 0.25) is 0 Å². The highest BCUT2D eigenvalue weighted by Gasteiger charge is 2.23. The van der Waals surface area contributed by atoms with Crippen molar-refractivity contribution in [2.24, 2.45) is 0 Å². The quantitative estimate of drug-likeness (QED) is 0.519. The van der Waals surface area contributed by atoms with Crippen LogP contribution in [-0.4, -0.2) is 18.0 Å². The zero-order valence-corrected chi connectivity index (χ0v) is 13.0. The first-order chi connectivity index (χ1) is 9.26. The molecule has 1 rings (SSSR count). The molecule has 112 valence electrons. The van der Waals surface area contributed by atoms with Gasteiger partial charge in [-0.15, -0.1) is 0 Å². The second-order valence-electron chi connectivity index (χ2n) is 6.01. The molecule has 1 aliphatic heterocycles. The van der Waals surface area contributed by atoms with Gasteiger partial charge in [0.1, 0.15) is 5.78 Å². The molecule has 2 atom stereocenters. The second kappa shape index (κ2) is 10.4. The topological polar surface area (TPSA) is 26.3 Å². The van der Waals surface area contributed by atoms with Crippen molar-refractivity contribution in [1.82, 2.24) is 0 Å². The van der Waals surface area contributed by atoms with Crippen molar-refractivity contribution < 1.29 is 9.53 Å². The maximum absolute atomic E-state index is 11.8. The number of rotatable bonds is 10. The van der Waals surface area contributed by atoms with Gasteiger partial charge in [-0.1, -0.05) is 46.0 Å². The van der Waals surface area contributed by atoms with E-state index < -0.39 is 0 Å². The van der Waals surface area contributed by atoms with E-state index in [1.54, 1.807) is 0 Å². The summed E-state index contributed by atoms with van der Waals surface area (Å²) in [5.41, 5.74) is 0. The number of carbonyl (C=O) groups is 1. The summed E-state index contributed by atoms with van der Waals surface area (Å²) in [6, 6.07) is 0. The standard InChI is InChI=1S/C17H32O2/c1-3-5-7-8-11-16-12-9-13-17(19-16)14-15(18)10-6-4-2/h16-17H,3-14H2,1-2H3/t16-,17-/m1/s1. The van der Waals surface area contributed by atoms with Crippen molar-refractivity contribution in [2.45, 2.75) is 103 Å². The zero-order chi connectivity index (χ0) is 13.9. The van der Waals surface area contributed by atoms with E-state index in [9.17, 15) is 4.79 Å². The van der Waals surface area contributed by atoms with Crippen molar-refractivity contribution in [3.05, 3.63) is 0 Å². The fourth-order valence-electron chi connectivity index (χ4n) is 2.87. The summed E-state index contributed by atoms with van der Waals surface area (Å²) in [4.78, 5) is 11.8. The molecule has 0 aromatic heterocycles. The lowest BCUT2D eigenvalue weighted by Crippen LogP contribution is -2.29. The summed E-state index contributed by atoms with van der Waals surface area (Å²) in [7, 11) is 0. The second-order valence-corrected chi connectivity index (χ2v) is 6.01. The number of carbonyl (C=O) groups excluding carboxylic acids is 1. The van der Waals surface area contributed by atoms with Gasteiger partial charge in [-0.2, -0.15) is 0 Å². The Balaban J connectivity index is 2.16. The average Bonchev–Trinajstić information content (AvgIpc) is 2.42. The Hall–Kier alpha value is -0.370. The van der Waals surface area contributed by atoms with Crippen LogP contribution in [0.4, 0.5) is 0 Å². The molecule has 1 fully saturated rings. The van der Waals surface area contributed by atoms with Crippen molar-refractivity contribution in [1.29, 1.82) is 0 Å². The highest BCUT2D eigenvalue weighted by atomic mass is 16.5. The first-order valence-corrected chi connectivity index (χ1v) is 8.43. The van der Waals surface area contributed by atoms with Gasteiger partial charge in [-0.3, -0.25) is 4.79 Å². The van der Waals surface area contributed by atoms with E-state index in [1.165, 1.54) is 44.9 Å². The number of unbranched alkanes of at least 4 members (excludes halogenated alkanes) is 4. The van der Waals surface area contributed by atoms with Gasteiger partial charge in [0.25, 0.3) is 0 Å². The predicted molar refractivity (Wildman–Crippen MR) is 80.4 cm³/mol. The van der Waals surface area contributed by atoms with Crippen LogP contribution in [0, 0.1) is 0 Å². The summed E-state index contributed by atoms with van der Waals surface area (Å²) in [6.07, 6.45) is 14.2. The minimum absolute atomic E-state index is 0.217. The number of hydrogen-bond acceptors (Lipinski definition) is 2. The van der Waals surface area contributed by atoms with Crippen LogP contribution in [0.25, 0.3) is 0 Å². The zero-order valence-electron chi connectivity index (χ0n) is 13.0. The lowest BCUT2D eigenvalue weighted by atomic mass is 9.96. The van der Waals surface area contributed by atoms with E-state index in [4.69, 9.17) is 4.74 Å². The molecule has 0 aromatic rings. The van der Waals surface area contributed by atoms with Crippen molar-refractivity contribution >= 4 is 5.78 Å². The summed E-state index contributed by atoms with van der Waals surface area (Å²) in [5, 5.41) is 0. The first-order valence-electron chi connectivity index (χ1n) is 8.43. The van der Waals surface area contributed by atoms with Crippen LogP contribution < -0.4 is 0 Å². The van der Waals surface area contributed by atoms with Crippen molar-refractivity contribution in [3.63, 3.8) is 0 Å². The number of ketones is 1. The van der Waals surface area contributed by atoms with Gasteiger partial charge in [0, 0.05) is 12.8 Å². The van der Waals surface area contributed by atoms with Gasteiger partial charge >= 0.3 is 0 Å². The molecule has 0 bridgehead atoms. The van der Waals surface area contributed by atoms with Crippen LogP contribution in [0.5, 0.6) is 0 Å². The monoisotopic (exact) mass is 268 g/mol. The molecule has 0 radical (unpaired) electrons. The van der Waals surface area contributed by atoms with E-state index >= 15 is 0 Å². The van der Waals surface area contributed by atoms with E-state index in [2.05, 4.69) is 13.8 Å². The first kappa shape index (κ1) is 16.7. The molecule has 1 aliphatic rings. The Morgan fingerprint density at radius 2 is 1.74 bits per heavy atom. The Morgan fingerprint density at radius 3 is 2.47 bits per heavy atom. The molecule has 0 aliphatic carbocycles. The van der Waals surface area contributed by atoms with Gasteiger partial charge in [0.15, 0.2) is 0 Å². The SMILES string of the molecule is CCCCCC[C@@H]1CCC[C@H](CC(=O)CCCC)O1. The Kier molecular flexibility index (Phi) is 9.15. The number of hydrogen-bond donors (Lipinski definition) is 0. The molecule has 0 spiro atoms. The predicted octanol–water partition coefficient (Wildman–Crippen LogP) is 5.04. The third-order valence-electron chi connectivity index (χ3n) is 4.08. The van der Waals surface area contributed by atoms with Crippen LogP contribution in [0.1, 0.15) is 90.9 Å². The minimum Gasteiger partial charge on any atom is -0.375 e. The fourth-order valence-corrected chi connectivity index (χ4v) is 2.87. The summed E-state index contributed by atoms with van der Waals surface area (Å²) >= 11 is 0. The Bertz CT molecular complexity index is 237. The lowest BCUT2D eigenvalue weighted by molar-refractivity contribution is -0.125. The molecule has 2 nitrogen and oxygen atoms in total. The average molecular weight is 268 g/mol. The highest BCUT2D eigenvalue weighted by Crippen LogP contribution is 2.25. The summed E-state index contributed by atoms with van der Waals surface area (Å²) < 4.78 is 6.10. The molecule has 19 heavy (non-hydrogen) atoms. The Labute approximate surface area is 119 Å². The van der Waals surface area contributed by atoms with E-state index in [0.717, 1.165) is 25.7 Å². The Morgan fingerprint density at radius 1 is 1.00 bits per heavy atom. The smallest absolute Gasteiger partial charge is 0.135 e. The van der Waals surface area contributed by atoms with Crippen molar-refractivity contribution in [2.75, 3.05) is 0 Å². The van der Waals surface area contributed by atoms with Gasteiger partial charge < -0.3 is 4.74 Å². The lowest BCUT2D eigenvalue weighted by Gasteiger charge is -2.30. The molecule has 0 aromatic carbocycles. The largest absolute Gasteiger partial charge is 0.375 e. The highest BCUT2D eigenvalue weighted by molar-refractivity contribution is 5.78. The summed E-state index contributed by atoms with van der Waals surface area (Å²) in [6.45, 7) is 4.38. The number of ether oxygens (including phenoxy) is 1. The van der Waals surface area contributed by atoms with Crippen LogP contribution in [-0.2, 0) is 9.53 Å². The van der Waals surface area contributed by atoms with Crippen molar-refractivity contribution in [3.8, 4) is 0 Å². The normalized spacial score (nSPS) is 23.5. The molecule has 1 saturated heterocycles. The van der Waals surface area contributed by atoms with Gasteiger partial charge in [-0.05, 0) is 32.1 Å². The molecule has 0 unspecified atom stereocenters. The molecule has 2 heteroatoms. The van der Waals surface area contributed by atoms with E-state index in [0.29, 0.717) is 18.3 Å². The van der Waals surface area contributed by atoms with E-state index in [-0.39, 0.29) is 6.10 Å². The fraction of sp³-hybridized carbons (Fsp3) is 0.941. The molecule has 0 saturated carbocycles. The molecular weight excluding hydrogens is 236 g/mol. The minimum atomic E-state index is 0.217. The molecule has 1 heterocycles. The van der Waals surface area contributed by atoms with Gasteiger partial charge in [-0.25, -0.2) is 0 Å². The third-order valence-corrected chi connectivity index (χ3v) is 4.08. The molecule has 0 N–H and O–H groups in total. The third kappa shape index (κ3) is 7.71. The van der Waals surface area contributed by atoms with E-state index in [1.807, 2.05) is 0 Å². The summed E-state index contributed by atoms with van der Waals surface area (Å²) in [5.74, 6) is 0.401. The maximum atomic E-state index is 11.8. The van der Waals surface area contributed by atoms with Gasteiger partial charge in [0.05, 0.1) is 12.2 Å². The molecule has 0 amide bonds.